The van der Waals surface area contributed by atoms with E-state index in [0.717, 1.165) is 50.5 Å². The molecular weight excluding hydrogens is 274 g/mol. The average molecular weight is 301 g/mol. The van der Waals surface area contributed by atoms with Gasteiger partial charge in [-0.25, -0.2) is 0 Å². The molecule has 4 nitrogen and oxygen atoms in total. The molecule has 120 valence electrons. The maximum atomic E-state index is 5.25. The molecule has 1 aromatic rings. The summed E-state index contributed by atoms with van der Waals surface area (Å²) in [5, 5.41) is 6.81. The third kappa shape index (κ3) is 5.43. The molecule has 2 N–H and O–H groups in total. The summed E-state index contributed by atoms with van der Waals surface area (Å²) in [4.78, 5) is 4.67. The van der Waals surface area contributed by atoms with Crippen LogP contribution in [-0.4, -0.2) is 32.2 Å². The van der Waals surface area contributed by atoms with Crippen LogP contribution >= 0.6 is 0 Å². The second-order valence-electron chi connectivity index (χ2n) is 5.50. The lowest BCUT2D eigenvalue weighted by atomic mass is 10.1. The molecule has 1 aromatic carbocycles. The molecule has 0 atom stereocenters. The standard InChI is InChI=1S/C18H27N3O/c1-3-19-18(21-16-10-4-5-11-16)20-13-7-9-15-8-6-12-17(14-15)22-2/h4-6,8,12,14,16H,3,7,9-11,13H2,1-2H3,(H2,19,20,21). The normalized spacial score (nSPS) is 15.1. The largest absolute Gasteiger partial charge is 0.497 e. The lowest BCUT2D eigenvalue weighted by Gasteiger charge is -2.16. The van der Waals surface area contributed by atoms with Crippen LogP contribution in [0.5, 0.6) is 5.75 Å². The molecule has 1 aliphatic rings. The SMILES string of the molecule is CCNC(=NCCCc1cccc(OC)c1)NC1CC=CC1. The first-order valence-corrected chi connectivity index (χ1v) is 8.14. The Morgan fingerprint density at radius 1 is 1.32 bits per heavy atom. The molecule has 0 saturated heterocycles. The molecule has 22 heavy (non-hydrogen) atoms. The number of hydrogen-bond donors (Lipinski definition) is 2. The summed E-state index contributed by atoms with van der Waals surface area (Å²) in [5.74, 6) is 1.85. The molecule has 0 aromatic heterocycles. The van der Waals surface area contributed by atoms with E-state index in [4.69, 9.17) is 4.74 Å². The van der Waals surface area contributed by atoms with Crippen LogP contribution in [0.15, 0.2) is 41.4 Å². The van der Waals surface area contributed by atoms with Gasteiger partial charge in [-0.1, -0.05) is 24.3 Å². The van der Waals surface area contributed by atoms with Gasteiger partial charge in [-0.15, -0.1) is 0 Å². The average Bonchev–Trinajstić information content (AvgIpc) is 3.05. The Hall–Kier alpha value is -1.97. The van der Waals surface area contributed by atoms with Crippen LogP contribution in [0.3, 0.4) is 0 Å². The van der Waals surface area contributed by atoms with Crippen molar-refractivity contribution >= 4 is 5.96 Å². The Balaban J connectivity index is 1.77. The van der Waals surface area contributed by atoms with E-state index < -0.39 is 0 Å². The Kier molecular flexibility index (Phi) is 6.81. The van der Waals surface area contributed by atoms with Crippen LogP contribution in [0.2, 0.25) is 0 Å². The number of guanidine groups is 1. The van der Waals surface area contributed by atoms with Gasteiger partial charge in [0.1, 0.15) is 5.75 Å². The third-order valence-corrected chi connectivity index (χ3v) is 3.72. The van der Waals surface area contributed by atoms with Crippen molar-refractivity contribution < 1.29 is 4.74 Å². The van der Waals surface area contributed by atoms with Crippen LogP contribution in [0.4, 0.5) is 0 Å². The fourth-order valence-corrected chi connectivity index (χ4v) is 2.55. The van der Waals surface area contributed by atoms with E-state index in [1.807, 2.05) is 12.1 Å². The molecule has 4 heteroatoms. The Morgan fingerprint density at radius 3 is 2.86 bits per heavy atom. The second-order valence-corrected chi connectivity index (χ2v) is 5.50. The minimum absolute atomic E-state index is 0.496. The molecule has 0 heterocycles. The number of nitrogens with zero attached hydrogens (tertiary/aromatic N) is 1. The van der Waals surface area contributed by atoms with Crippen LogP contribution in [-0.2, 0) is 6.42 Å². The van der Waals surface area contributed by atoms with Gasteiger partial charge in [0.25, 0.3) is 0 Å². The van der Waals surface area contributed by atoms with Crippen molar-refractivity contribution in [3.8, 4) is 5.75 Å². The van der Waals surface area contributed by atoms with Crippen LogP contribution in [0.1, 0.15) is 31.7 Å². The number of aliphatic imine (C=N–C) groups is 1. The van der Waals surface area contributed by atoms with Crippen molar-refractivity contribution in [3.05, 3.63) is 42.0 Å². The molecule has 0 saturated carbocycles. The molecule has 0 fully saturated rings. The number of methoxy groups -OCH3 is 1. The zero-order valence-electron chi connectivity index (χ0n) is 13.6. The summed E-state index contributed by atoms with van der Waals surface area (Å²) in [6.07, 6.45) is 8.69. The monoisotopic (exact) mass is 301 g/mol. The topological polar surface area (TPSA) is 45.7 Å². The Labute approximate surface area is 133 Å². The second kappa shape index (κ2) is 9.13. The molecule has 0 radical (unpaired) electrons. The van der Waals surface area contributed by atoms with Gasteiger partial charge >= 0.3 is 0 Å². The van der Waals surface area contributed by atoms with E-state index in [0.29, 0.717) is 6.04 Å². The minimum Gasteiger partial charge on any atom is -0.497 e. The number of aryl methyl sites for hydroxylation is 1. The van der Waals surface area contributed by atoms with Crippen molar-refractivity contribution in [2.75, 3.05) is 20.2 Å². The first-order chi connectivity index (χ1) is 10.8. The van der Waals surface area contributed by atoms with Crippen molar-refractivity contribution in [2.45, 2.75) is 38.6 Å². The summed E-state index contributed by atoms with van der Waals surface area (Å²) in [6.45, 7) is 3.81. The summed E-state index contributed by atoms with van der Waals surface area (Å²) in [5.41, 5.74) is 1.30. The zero-order valence-corrected chi connectivity index (χ0v) is 13.6. The highest BCUT2D eigenvalue weighted by molar-refractivity contribution is 5.80. The first-order valence-electron chi connectivity index (χ1n) is 8.14. The number of nitrogens with one attached hydrogen (secondary N) is 2. The number of rotatable bonds is 7. The van der Waals surface area contributed by atoms with Crippen LogP contribution in [0, 0.1) is 0 Å². The molecule has 0 bridgehead atoms. The van der Waals surface area contributed by atoms with Gasteiger partial charge in [-0.05, 0) is 50.3 Å². The maximum Gasteiger partial charge on any atom is 0.191 e. The van der Waals surface area contributed by atoms with Gasteiger partial charge in [0.15, 0.2) is 5.96 Å². The van der Waals surface area contributed by atoms with Crippen molar-refractivity contribution in [3.63, 3.8) is 0 Å². The highest BCUT2D eigenvalue weighted by atomic mass is 16.5. The van der Waals surface area contributed by atoms with E-state index in [1.54, 1.807) is 7.11 Å². The minimum atomic E-state index is 0.496. The van der Waals surface area contributed by atoms with Crippen molar-refractivity contribution in [1.82, 2.24) is 10.6 Å². The van der Waals surface area contributed by atoms with Gasteiger partial charge in [0.2, 0.25) is 0 Å². The molecular formula is C18H27N3O. The third-order valence-electron chi connectivity index (χ3n) is 3.72. The van der Waals surface area contributed by atoms with E-state index >= 15 is 0 Å². The first kappa shape index (κ1) is 16.4. The fourth-order valence-electron chi connectivity index (χ4n) is 2.55. The van der Waals surface area contributed by atoms with Gasteiger partial charge in [-0.3, -0.25) is 4.99 Å². The van der Waals surface area contributed by atoms with Gasteiger partial charge in [-0.2, -0.15) is 0 Å². The van der Waals surface area contributed by atoms with Crippen molar-refractivity contribution in [1.29, 1.82) is 0 Å². The smallest absolute Gasteiger partial charge is 0.191 e. The molecule has 0 unspecified atom stereocenters. The summed E-state index contributed by atoms with van der Waals surface area (Å²) in [7, 11) is 1.70. The van der Waals surface area contributed by atoms with E-state index in [1.165, 1.54) is 5.56 Å². The van der Waals surface area contributed by atoms with Gasteiger partial charge in [0.05, 0.1) is 7.11 Å². The van der Waals surface area contributed by atoms with Crippen LogP contribution < -0.4 is 15.4 Å². The fraction of sp³-hybridized carbons (Fsp3) is 0.500. The van der Waals surface area contributed by atoms with Gasteiger partial charge < -0.3 is 15.4 Å². The Bertz CT molecular complexity index is 503. The molecule has 1 aliphatic carbocycles. The molecule has 0 aliphatic heterocycles. The van der Waals surface area contributed by atoms with E-state index in [-0.39, 0.29) is 0 Å². The summed E-state index contributed by atoms with van der Waals surface area (Å²) < 4.78 is 5.25. The molecule has 0 spiro atoms. The van der Waals surface area contributed by atoms with E-state index in [9.17, 15) is 0 Å². The highest BCUT2D eigenvalue weighted by Gasteiger charge is 2.11. The zero-order chi connectivity index (χ0) is 15.6. The van der Waals surface area contributed by atoms with E-state index in [2.05, 4.69) is 46.8 Å². The lowest BCUT2D eigenvalue weighted by molar-refractivity contribution is 0.414. The maximum absolute atomic E-state index is 5.25. The lowest BCUT2D eigenvalue weighted by Crippen LogP contribution is -2.42. The predicted molar refractivity (Wildman–Crippen MR) is 92.6 cm³/mol. The van der Waals surface area contributed by atoms with Gasteiger partial charge in [0, 0.05) is 19.1 Å². The number of ether oxygens (including phenoxy) is 1. The highest BCUT2D eigenvalue weighted by Crippen LogP contribution is 2.14. The van der Waals surface area contributed by atoms with Crippen LogP contribution in [0.25, 0.3) is 0 Å². The predicted octanol–water partition coefficient (Wildman–Crippen LogP) is 2.90. The summed E-state index contributed by atoms with van der Waals surface area (Å²) in [6, 6.07) is 8.74. The molecule has 2 rings (SSSR count). The quantitative estimate of drug-likeness (QED) is 0.352. The molecule has 0 amide bonds. The Morgan fingerprint density at radius 2 is 2.14 bits per heavy atom. The number of benzene rings is 1. The summed E-state index contributed by atoms with van der Waals surface area (Å²) >= 11 is 0. The van der Waals surface area contributed by atoms with Crippen molar-refractivity contribution in [2.24, 2.45) is 4.99 Å². The number of hydrogen-bond acceptors (Lipinski definition) is 2.